The smallest absolute Gasteiger partial charge is 0.275 e. The van der Waals surface area contributed by atoms with Crippen LogP contribution < -0.4 is 15.0 Å². The van der Waals surface area contributed by atoms with Crippen molar-refractivity contribution in [3.05, 3.63) is 72.6 Å². The number of carbonyl (C=O) groups excluding carboxylic acids is 1. The van der Waals surface area contributed by atoms with Crippen LogP contribution in [0.15, 0.2) is 67.0 Å². The zero-order valence-corrected chi connectivity index (χ0v) is 16.9. The van der Waals surface area contributed by atoms with Gasteiger partial charge in [-0.1, -0.05) is 30.3 Å². The van der Waals surface area contributed by atoms with Crippen molar-refractivity contribution in [2.75, 3.05) is 20.0 Å². The Hall–Kier alpha value is -4.01. The second kappa shape index (κ2) is 8.62. The van der Waals surface area contributed by atoms with E-state index in [9.17, 15) is 4.79 Å². The van der Waals surface area contributed by atoms with Crippen molar-refractivity contribution in [3.8, 4) is 33.9 Å². The lowest BCUT2D eigenvalue weighted by Crippen LogP contribution is -2.24. The molecule has 0 atom stereocenters. The van der Waals surface area contributed by atoms with Crippen LogP contribution in [-0.2, 0) is 4.84 Å². The van der Waals surface area contributed by atoms with Crippen LogP contribution in [0.3, 0.4) is 0 Å². The van der Waals surface area contributed by atoms with Gasteiger partial charge in [0.25, 0.3) is 5.91 Å². The Kier molecular flexibility index (Phi) is 5.37. The minimum Gasteiger partial charge on any atom is -0.486 e. The summed E-state index contributed by atoms with van der Waals surface area (Å²) in [6.07, 6.45) is 3.20. The SMILES string of the molecule is O=C(NOCO)c1cc(-c2ccc(-c3ccc4c(c3)OCCO4)cc2)nc2ccncc12. The molecule has 0 bridgehead atoms. The van der Waals surface area contributed by atoms with Crippen molar-refractivity contribution < 1.29 is 24.2 Å². The van der Waals surface area contributed by atoms with Crippen LogP contribution in [0.4, 0.5) is 0 Å². The van der Waals surface area contributed by atoms with Gasteiger partial charge in [-0.15, -0.1) is 0 Å². The van der Waals surface area contributed by atoms with E-state index >= 15 is 0 Å². The van der Waals surface area contributed by atoms with Crippen LogP contribution in [0.1, 0.15) is 10.4 Å². The van der Waals surface area contributed by atoms with Crippen LogP contribution in [0.2, 0.25) is 0 Å². The summed E-state index contributed by atoms with van der Waals surface area (Å²) in [7, 11) is 0. The summed E-state index contributed by atoms with van der Waals surface area (Å²) < 4.78 is 11.3. The highest BCUT2D eigenvalue weighted by molar-refractivity contribution is 6.06. The van der Waals surface area contributed by atoms with Crippen LogP contribution in [0.5, 0.6) is 11.5 Å². The summed E-state index contributed by atoms with van der Waals surface area (Å²) >= 11 is 0. The Labute approximate surface area is 183 Å². The average Bonchev–Trinajstić information content (AvgIpc) is 2.86. The number of ether oxygens (including phenoxy) is 2. The molecule has 0 spiro atoms. The van der Waals surface area contributed by atoms with Gasteiger partial charge >= 0.3 is 0 Å². The summed E-state index contributed by atoms with van der Waals surface area (Å²) in [4.78, 5) is 25.9. The molecule has 8 heteroatoms. The van der Waals surface area contributed by atoms with Crippen molar-refractivity contribution >= 4 is 16.8 Å². The Bertz CT molecular complexity index is 1290. The number of aliphatic hydroxyl groups is 1. The zero-order valence-electron chi connectivity index (χ0n) is 16.9. The van der Waals surface area contributed by atoms with E-state index in [0.29, 0.717) is 35.4 Å². The lowest BCUT2D eigenvalue weighted by molar-refractivity contribution is -0.0496. The van der Waals surface area contributed by atoms with Crippen molar-refractivity contribution in [3.63, 3.8) is 0 Å². The molecule has 5 rings (SSSR count). The third-order valence-electron chi connectivity index (χ3n) is 5.14. The number of nitrogens with one attached hydrogen (secondary N) is 1. The molecule has 2 aromatic heterocycles. The first-order valence-corrected chi connectivity index (χ1v) is 10.0. The molecule has 0 saturated heterocycles. The van der Waals surface area contributed by atoms with E-state index in [0.717, 1.165) is 28.2 Å². The van der Waals surface area contributed by atoms with Crippen LogP contribution in [-0.4, -0.2) is 41.0 Å². The van der Waals surface area contributed by atoms with E-state index < -0.39 is 12.7 Å². The molecular formula is C24H19N3O5. The zero-order chi connectivity index (χ0) is 21.9. The fourth-order valence-electron chi connectivity index (χ4n) is 3.61. The predicted octanol–water partition coefficient (Wildman–Crippen LogP) is 3.35. The number of nitrogens with zero attached hydrogens (tertiary/aromatic N) is 2. The predicted molar refractivity (Wildman–Crippen MR) is 117 cm³/mol. The first kappa shape index (κ1) is 19.9. The Morgan fingerprint density at radius 1 is 0.969 bits per heavy atom. The first-order valence-electron chi connectivity index (χ1n) is 10.0. The second-order valence-electron chi connectivity index (χ2n) is 7.09. The van der Waals surface area contributed by atoms with E-state index in [-0.39, 0.29) is 0 Å². The number of hydrogen-bond acceptors (Lipinski definition) is 7. The Balaban J connectivity index is 1.50. The van der Waals surface area contributed by atoms with Crippen LogP contribution >= 0.6 is 0 Å². The first-order chi connectivity index (χ1) is 15.7. The summed E-state index contributed by atoms with van der Waals surface area (Å²) in [6, 6.07) is 17.2. The lowest BCUT2D eigenvalue weighted by Gasteiger charge is -2.19. The number of amides is 1. The van der Waals surface area contributed by atoms with Crippen LogP contribution in [0.25, 0.3) is 33.3 Å². The number of aliphatic hydroxyl groups excluding tert-OH is 1. The van der Waals surface area contributed by atoms with Gasteiger partial charge in [0.2, 0.25) is 0 Å². The maximum Gasteiger partial charge on any atom is 0.275 e. The van der Waals surface area contributed by atoms with Crippen molar-refractivity contribution in [2.24, 2.45) is 0 Å². The molecule has 160 valence electrons. The number of fused-ring (bicyclic) bond motifs is 2. The third kappa shape index (κ3) is 3.84. The molecule has 0 saturated carbocycles. The maximum absolute atomic E-state index is 12.5. The monoisotopic (exact) mass is 429 g/mol. The normalized spacial score (nSPS) is 12.5. The molecule has 0 fully saturated rings. The maximum atomic E-state index is 12.5. The molecule has 0 unspecified atom stereocenters. The van der Waals surface area contributed by atoms with Gasteiger partial charge in [-0.2, -0.15) is 0 Å². The molecule has 1 aliphatic heterocycles. The summed E-state index contributed by atoms with van der Waals surface area (Å²) in [6.45, 7) is 0.473. The van der Waals surface area contributed by atoms with E-state index in [1.807, 2.05) is 42.5 Å². The third-order valence-corrected chi connectivity index (χ3v) is 5.14. The van der Waals surface area contributed by atoms with Gasteiger partial charge in [-0.25, -0.2) is 15.3 Å². The van der Waals surface area contributed by atoms with E-state index in [1.165, 1.54) is 0 Å². The molecule has 0 aliphatic carbocycles. The molecule has 2 aromatic carbocycles. The number of rotatable bonds is 5. The molecule has 0 radical (unpaired) electrons. The highest BCUT2D eigenvalue weighted by Crippen LogP contribution is 2.35. The van der Waals surface area contributed by atoms with Gasteiger partial charge in [0.15, 0.2) is 18.3 Å². The molecular weight excluding hydrogens is 410 g/mol. The van der Waals surface area contributed by atoms with Gasteiger partial charge in [0, 0.05) is 23.3 Å². The van der Waals surface area contributed by atoms with Crippen molar-refractivity contribution in [1.29, 1.82) is 0 Å². The number of hydrogen-bond donors (Lipinski definition) is 2. The number of aromatic nitrogens is 2. The minimum atomic E-state index is -0.624. The van der Waals surface area contributed by atoms with E-state index in [4.69, 9.17) is 14.6 Å². The highest BCUT2D eigenvalue weighted by atomic mass is 16.7. The molecule has 32 heavy (non-hydrogen) atoms. The molecule has 1 amide bonds. The molecule has 3 heterocycles. The highest BCUT2D eigenvalue weighted by Gasteiger charge is 2.15. The summed E-state index contributed by atoms with van der Waals surface area (Å²) in [5.41, 5.74) is 6.70. The lowest BCUT2D eigenvalue weighted by atomic mass is 10.0. The number of pyridine rings is 2. The largest absolute Gasteiger partial charge is 0.486 e. The molecule has 1 aliphatic rings. The van der Waals surface area contributed by atoms with Crippen LogP contribution in [0, 0.1) is 0 Å². The number of carbonyl (C=O) groups is 1. The molecule has 2 N–H and O–H groups in total. The van der Waals surface area contributed by atoms with E-state index in [1.54, 1.807) is 24.5 Å². The fraction of sp³-hybridized carbons (Fsp3) is 0.125. The standard InChI is InChI=1S/C24H19N3O5/c28-14-32-27-24(29)18-12-21(26-20-7-8-25-13-19(18)20)16-3-1-15(2-4-16)17-5-6-22-23(11-17)31-10-9-30-22/h1-8,11-13,28H,9-10,14H2,(H,27,29). The van der Waals surface area contributed by atoms with Gasteiger partial charge in [0.05, 0.1) is 16.8 Å². The Morgan fingerprint density at radius 2 is 1.72 bits per heavy atom. The van der Waals surface area contributed by atoms with Gasteiger partial charge < -0.3 is 14.6 Å². The number of benzene rings is 2. The van der Waals surface area contributed by atoms with Gasteiger partial charge in [-0.3, -0.25) is 9.78 Å². The Morgan fingerprint density at radius 3 is 2.53 bits per heavy atom. The quantitative estimate of drug-likeness (QED) is 0.370. The van der Waals surface area contributed by atoms with Gasteiger partial charge in [0.1, 0.15) is 13.2 Å². The minimum absolute atomic E-state index is 0.350. The van der Waals surface area contributed by atoms with Crippen molar-refractivity contribution in [2.45, 2.75) is 0 Å². The molecule has 8 nitrogen and oxygen atoms in total. The average molecular weight is 429 g/mol. The van der Waals surface area contributed by atoms with Gasteiger partial charge in [-0.05, 0) is 35.4 Å². The fourth-order valence-corrected chi connectivity index (χ4v) is 3.61. The topological polar surface area (TPSA) is 103 Å². The van der Waals surface area contributed by atoms with E-state index in [2.05, 4.69) is 20.3 Å². The second-order valence-corrected chi connectivity index (χ2v) is 7.09. The molecule has 4 aromatic rings. The van der Waals surface area contributed by atoms with Crippen molar-refractivity contribution in [1.82, 2.24) is 15.4 Å². The summed E-state index contributed by atoms with van der Waals surface area (Å²) in [5.74, 6) is 0.999. The number of hydroxylamine groups is 1. The summed E-state index contributed by atoms with van der Waals surface area (Å²) in [5, 5.41) is 9.40.